The minimum Gasteiger partial charge on any atom is -0.496 e. The molecule has 3 aromatic rings. The number of hydrogen-bond acceptors (Lipinski definition) is 5. The van der Waals surface area contributed by atoms with Crippen molar-refractivity contribution < 1.29 is 22.4 Å². The van der Waals surface area contributed by atoms with Crippen LogP contribution in [0.3, 0.4) is 0 Å². The summed E-state index contributed by atoms with van der Waals surface area (Å²) in [5.41, 5.74) is 1.13. The number of sulfonamides is 1. The van der Waals surface area contributed by atoms with E-state index >= 15 is 0 Å². The molecule has 8 heteroatoms. The molecule has 0 saturated heterocycles. The molecular weight excluding hydrogens is 380 g/mol. The molecule has 0 bridgehead atoms. The van der Waals surface area contributed by atoms with Crippen molar-refractivity contribution in [2.75, 3.05) is 12.4 Å². The Morgan fingerprint density at radius 1 is 1.07 bits per heavy atom. The topological polar surface area (TPSA) is 97.6 Å². The van der Waals surface area contributed by atoms with Crippen molar-refractivity contribution in [1.82, 2.24) is 4.72 Å². The van der Waals surface area contributed by atoms with Crippen molar-refractivity contribution in [3.8, 4) is 5.75 Å². The summed E-state index contributed by atoms with van der Waals surface area (Å²) in [6.45, 7) is 0.0414. The minimum atomic E-state index is -3.75. The Morgan fingerprint density at radius 3 is 2.64 bits per heavy atom. The fourth-order valence-corrected chi connectivity index (χ4v) is 3.67. The Morgan fingerprint density at radius 2 is 1.89 bits per heavy atom. The number of furan rings is 1. The van der Waals surface area contributed by atoms with Crippen LogP contribution in [0.4, 0.5) is 5.69 Å². The Labute approximate surface area is 163 Å². The summed E-state index contributed by atoms with van der Waals surface area (Å²) in [5.74, 6) is 0.850. The number of hydrogen-bond donors (Lipinski definition) is 2. The summed E-state index contributed by atoms with van der Waals surface area (Å²) in [5, 5.41) is 2.72. The van der Waals surface area contributed by atoms with Gasteiger partial charge >= 0.3 is 0 Å². The maximum absolute atomic E-state index is 12.5. The number of ether oxygens (including phenoxy) is 1. The van der Waals surface area contributed by atoms with E-state index < -0.39 is 10.0 Å². The molecular formula is C20H20N2O5S. The summed E-state index contributed by atoms with van der Waals surface area (Å²) < 4.78 is 37.7. The van der Waals surface area contributed by atoms with Crippen LogP contribution in [0, 0.1) is 0 Å². The van der Waals surface area contributed by atoms with Gasteiger partial charge in [0, 0.05) is 11.3 Å². The predicted octanol–water partition coefficient (Wildman–Crippen LogP) is 2.95. The van der Waals surface area contributed by atoms with Gasteiger partial charge in [0.2, 0.25) is 15.9 Å². The SMILES string of the molecule is COc1ccccc1CC(=O)Nc1cccc(S(=O)(=O)NCc2ccco2)c1. The van der Waals surface area contributed by atoms with Gasteiger partial charge in [-0.05, 0) is 36.4 Å². The molecule has 7 nitrogen and oxygen atoms in total. The first-order valence-corrected chi connectivity index (χ1v) is 10.00. The first-order valence-electron chi connectivity index (χ1n) is 8.52. The largest absolute Gasteiger partial charge is 0.496 e. The summed E-state index contributed by atoms with van der Waals surface area (Å²) in [7, 11) is -2.20. The second-order valence-corrected chi connectivity index (χ2v) is 7.74. The number of methoxy groups -OCH3 is 1. The molecule has 0 saturated carbocycles. The molecule has 1 aromatic heterocycles. The lowest BCUT2D eigenvalue weighted by Gasteiger charge is -2.10. The Bertz CT molecular complexity index is 1050. The van der Waals surface area contributed by atoms with Gasteiger partial charge in [-0.3, -0.25) is 4.79 Å². The predicted molar refractivity (Wildman–Crippen MR) is 105 cm³/mol. The van der Waals surface area contributed by atoms with Gasteiger partial charge in [-0.1, -0.05) is 24.3 Å². The molecule has 2 aromatic carbocycles. The number of benzene rings is 2. The van der Waals surface area contributed by atoms with E-state index in [1.807, 2.05) is 12.1 Å². The van der Waals surface area contributed by atoms with Crippen molar-refractivity contribution in [2.24, 2.45) is 0 Å². The molecule has 0 aliphatic heterocycles. The van der Waals surface area contributed by atoms with Gasteiger partial charge in [0.05, 0.1) is 31.2 Å². The Balaban J connectivity index is 1.68. The lowest BCUT2D eigenvalue weighted by atomic mass is 10.1. The molecule has 1 amide bonds. The number of carbonyl (C=O) groups excluding carboxylic acids is 1. The summed E-state index contributed by atoms with van der Waals surface area (Å²) in [6.07, 6.45) is 1.58. The average Bonchev–Trinajstić information content (AvgIpc) is 3.21. The molecule has 0 aliphatic rings. The number of para-hydroxylation sites is 1. The lowest BCUT2D eigenvalue weighted by molar-refractivity contribution is -0.115. The van der Waals surface area contributed by atoms with E-state index in [0.717, 1.165) is 5.56 Å². The van der Waals surface area contributed by atoms with Crippen molar-refractivity contribution >= 4 is 21.6 Å². The van der Waals surface area contributed by atoms with Crippen LogP contribution in [-0.2, 0) is 27.8 Å². The zero-order chi connectivity index (χ0) is 20.0. The normalized spacial score (nSPS) is 11.2. The van der Waals surface area contributed by atoms with Crippen molar-refractivity contribution in [2.45, 2.75) is 17.9 Å². The molecule has 0 fully saturated rings. The molecule has 28 heavy (non-hydrogen) atoms. The summed E-state index contributed by atoms with van der Waals surface area (Å²) in [6, 6.07) is 16.7. The zero-order valence-electron chi connectivity index (χ0n) is 15.2. The fourth-order valence-electron chi connectivity index (χ4n) is 2.63. The number of rotatable bonds is 8. The van der Waals surface area contributed by atoms with Crippen LogP contribution in [0.25, 0.3) is 0 Å². The number of anilines is 1. The van der Waals surface area contributed by atoms with Gasteiger partial charge in [-0.15, -0.1) is 0 Å². The number of carbonyl (C=O) groups is 1. The highest BCUT2D eigenvalue weighted by Crippen LogP contribution is 2.20. The smallest absolute Gasteiger partial charge is 0.241 e. The summed E-state index contributed by atoms with van der Waals surface area (Å²) in [4.78, 5) is 12.4. The van der Waals surface area contributed by atoms with Crippen LogP contribution in [-0.4, -0.2) is 21.4 Å². The maximum atomic E-state index is 12.5. The molecule has 0 aliphatic carbocycles. The second kappa shape index (κ2) is 8.73. The third-order valence-electron chi connectivity index (χ3n) is 3.99. The second-order valence-electron chi connectivity index (χ2n) is 5.97. The standard InChI is InChI=1S/C20H20N2O5S/c1-26-19-10-3-2-6-15(19)12-20(23)22-16-7-4-9-18(13-16)28(24,25)21-14-17-8-5-11-27-17/h2-11,13,21H,12,14H2,1H3,(H,22,23). The lowest BCUT2D eigenvalue weighted by Crippen LogP contribution is -2.23. The van der Waals surface area contributed by atoms with Crippen molar-refractivity contribution in [1.29, 1.82) is 0 Å². The van der Waals surface area contributed by atoms with Gasteiger partial charge in [-0.25, -0.2) is 13.1 Å². The third kappa shape index (κ3) is 4.99. The zero-order valence-corrected chi connectivity index (χ0v) is 16.0. The van der Waals surface area contributed by atoms with Crippen molar-refractivity contribution in [3.63, 3.8) is 0 Å². The minimum absolute atomic E-state index is 0.0414. The molecule has 2 N–H and O–H groups in total. The van der Waals surface area contributed by atoms with Gasteiger partial charge in [0.25, 0.3) is 0 Å². The molecule has 0 atom stereocenters. The van der Waals surface area contributed by atoms with Gasteiger partial charge in [0.1, 0.15) is 11.5 Å². The molecule has 0 unspecified atom stereocenters. The van der Waals surface area contributed by atoms with Crippen LogP contribution < -0.4 is 14.8 Å². The number of amides is 1. The monoisotopic (exact) mass is 400 g/mol. The van der Waals surface area contributed by atoms with Crippen LogP contribution in [0.15, 0.2) is 76.2 Å². The van der Waals surface area contributed by atoms with E-state index in [0.29, 0.717) is 17.2 Å². The van der Waals surface area contributed by atoms with E-state index in [1.54, 1.807) is 43.5 Å². The van der Waals surface area contributed by atoms with Gasteiger partial charge in [-0.2, -0.15) is 0 Å². The number of nitrogens with one attached hydrogen (secondary N) is 2. The van der Waals surface area contributed by atoms with Crippen LogP contribution >= 0.6 is 0 Å². The molecule has 1 heterocycles. The average molecular weight is 400 g/mol. The van der Waals surface area contributed by atoms with E-state index in [1.165, 1.54) is 18.4 Å². The summed E-state index contributed by atoms with van der Waals surface area (Å²) >= 11 is 0. The van der Waals surface area contributed by atoms with E-state index in [-0.39, 0.29) is 23.8 Å². The first kappa shape index (κ1) is 19.7. The van der Waals surface area contributed by atoms with E-state index in [2.05, 4.69) is 10.0 Å². The van der Waals surface area contributed by atoms with E-state index in [4.69, 9.17) is 9.15 Å². The highest BCUT2D eigenvalue weighted by molar-refractivity contribution is 7.89. The third-order valence-corrected chi connectivity index (χ3v) is 5.39. The van der Waals surface area contributed by atoms with Gasteiger partial charge < -0.3 is 14.5 Å². The fraction of sp³-hybridized carbons (Fsp3) is 0.150. The Kier molecular flexibility index (Phi) is 6.13. The first-order chi connectivity index (χ1) is 13.5. The maximum Gasteiger partial charge on any atom is 0.241 e. The van der Waals surface area contributed by atoms with Gasteiger partial charge in [0.15, 0.2) is 0 Å². The quantitative estimate of drug-likeness (QED) is 0.606. The highest BCUT2D eigenvalue weighted by atomic mass is 32.2. The van der Waals surface area contributed by atoms with E-state index in [9.17, 15) is 13.2 Å². The van der Waals surface area contributed by atoms with Crippen LogP contribution in [0.1, 0.15) is 11.3 Å². The molecule has 146 valence electrons. The van der Waals surface area contributed by atoms with Crippen molar-refractivity contribution in [3.05, 3.63) is 78.3 Å². The molecule has 3 rings (SSSR count). The van der Waals surface area contributed by atoms with Crippen LogP contribution in [0.2, 0.25) is 0 Å². The Hall–Kier alpha value is -3.10. The molecule has 0 spiro atoms. The highest BCUT2D eigenvalue weighted by Gasteiger charge is 2.16. The van der Waals surface area contributed by atoms with Crippen LogP contribution in [0.5, 0.6) is 5.75 Å². The molecule has 0 radical (unpaired) electrons.